The number of nitro benzene ring substituents is 1. The number of nitrogens with zero attached hydrogens (tertiary/aromatic N) is 3. The Morgan fingerprint density at radius 3 is 2.83 bits per heavy atom. The summed E-state index contributed by atoms with van der Waals surface area (Å²) in [7, 11) is 0. The molecule has 2 heterocycles. The Bertz CT molecular complexity index is 982. The Balaban J connectivity index is 1.50. The summed E-state index contributed by atoms with van der Waals surface area (Å²) in [6, 6.07) is 5.07. The van der Waals surface area contributed by atoms with Crippen LogP contribution in [0.5, 0.6) is 5.75 Å². The van der Waals surface area contributed by atoms with E-state index in [0.717, 1.165) is 48.5 Å². The minimum absolute atomic E-state index is 0.0246. The van der Waals surface area contributed by atoms with E-state index in [4.69, 9.17) is 9.72 Å². The lowest BCUT2D eigenvalue weighted by Gasteiger charge is -2.29. The number of fused-ring (bicyclic) bond motifs is 1. The number of ether oxygens (including phenoxy) is 1. The third-order valence-corrected chi connectivity index (χ3v) is 6.08. The van der Waals surface area contributed by atoms with Crippen LogP contribution in [0.3, 0.4) is 0 Å². The molecule has 1 saturated carbocycles. The lowest BCUT2D eigenvalue weighted by molar-refractivity contribution is -0.385. The first-order valence-corrected chi connectivity index (χ1v) is 10.8. The predicted octanol–water partition coefficient (Wildman–Crippen LogP) is 3.68. The third-order valence-electron chi connectivity index (χ3n) is 6.08. The van der Waals surface area contributed by atoms with E-state index in [-0.39, 0.29) is 17.0 Å². The Kier molecular flexibility index (Phi) is 6.13. The quantitative estimate of drug-likeness (QED) is 0.574. The van der Waals surface area contributed by atoms with Crippen LogP contribution in [-0.4, -0.2) is 32.9 Å². The van der Waals surface area contributed by atoms with Gasteiger partial charge in [-0.25, -0.2) is 4.98 Å². The summed E-state index contributed by atoms with van der Waals surface area (Å²) in [5.74, 6) is 1.51. The SMILES string of the molecule is CCOc1ccc(CN2CCc3nc(C4CCCCC4)[nH]c(=O)c3C2)cc1[N+](=O)[O-]. The second kappa shape index (κ2) is 8.95. The Morgan fingerprint density at radius 1 is 1.30 bits per heavy atom. The molecule has 0 saturated heterocycles. The second-order valence-corrected chi connectivity index (χ2v) is 8.16. The van der Waals surface area contributed by atoms with Crippen molar-refractivity contribution in [2.24, 2.45) is 0 Å². The van der Waals surface area contributed by atoms with Crippen LogP contribution in [0, 0.1) is 10.1 Å². The van der Waals surface area contributed by atoms with Crippen molar-refractivity contribution in [2.75, 3.05) is 13.2 Å². The molecular weight excluding hydrogens is 384 g/mol. The van der Waals surface area contributed by atoms with Crippen LogP contribution in [0.2, 0.25) is 0 Å². The fourth-order valence-electron chi connectivity index (χ4n) is 4.54. The van der Waals surface area contributed by atoms with Gasteiger partial charge in [0.15, 0.2) is 5.75 Å². The van der Waals surface area contributed by atoms with Crippen molar-refractivity contribution in [2.45, 2.75) is 64.5 Å². The van der Waals surface area contributed by atoms with E-state index in [1.54, 1.807) is 19.1 Å². The summed E-state index contributed by atoms with van der Waals surface area (Å²) in [5.41, 5.74) is 2.40. The van der Waals surface area contributed by atoms with Crippen molar-refractivity contribution in [3.8, 4) is 5.75 Å². The molecular formula is C22H28N4O4. The van der Waals surface area contributed by atoms with Crippen LogP contribution in [0.15, 0.2) is 23.0 Å². The van der Waals surface area contributed by atoms with Gasteiger partial charge in [-0.2, -0.15) is 0 Å². The molecule has 0 amide bonds. The van der Waals surface area contributed by atoms with E-state index < -0.39 is 4.92 Å². The highest BCUT2D eigenvalue weighted by molar-refractivity contribution is 5.48. The van der Waals surface area contributed by atoms with Crippen LogP contribution >= 0.6 is 0 Å². The van der Waals surface area contributed by atoms with E-state index in [9.17, 15) is 14.9 Å². The van der Waals surface area contributed by atoms with Gasteiger partial charge in [-0.1, -0.05) is 25.3 Å². The molecule has 0 bridgehead atoms. The number of H-pyrrole nitrogens is 1. The van der Waals surface area contributed by atoms with E-state index in [1.807, 2.05) is 6.07 Å². The maximum Gasteiger partial charge on any atom is 0.311 e. The second-order valence-electron chi connectivity index (χ2n) is 8.16. The highest BCUT2D eigenvalue weighted by atomic mass is 16.6. The molecule has 4 rings (SSSR count). The van der Waals surface area contributed by atoms with E-state index >= 15 is 0 Å². The van der Waals surface area contributed by atoms with Crippen LogP contribution in [0.25, 0.3) is 0 Å². The number of aromatic amines is 1. The number of nitrogens with one attached hydrogen (secondary N) is 1. The molecule has 0 unspecified atom stereocenters. The molecule has 1 aliphatic heterocycles. The monoisotopic (exact) mass is 412 g/mol. The van der Waals surface area contributed by atoms with Gasteiger partial charge in [-0.05, 0) is 31.4 Å². The smallest absolute Gasteiger partial charge is 0.311 e. The molecule has 1 aliphatic carbocycles. The maximum atomic E-state index is 12.8. The highest BCUT2D eigenvalue weighted by Crippen LogP contribution is 2.31. The van der Waals surface area contributed by atoms with E-state index in [0.29, 0.717) is 25.6 Å². The van der Waals surface area contributed by atoms with E-state index in [2.05, 4.69) is 9.88 Å². The van der Waals surface area contributed by atoms with Crippen LogP contribution in [0.1, 0.15) is 67.6 Å². The number of hydrogen-bond acceptors (Lipinski definition) is 6. The van der Waals surface area contributed by atoms with Gasteiger partial charge in [0, 0.05) is 38.0 Å². The average molecular weight is 412 g/mol. The normalized spacial score (nSPS) is 17.5. The third kappa shape index (κ3) is 4.38. The lowest BCUT2D eigenvalue weighted by Crippen LogP contribution is -2.36. The number of aromatic nitrogens is 2. The standard InChI is InChI=1S/C22H28N4O4/c1-2-30-20-9-8-15(12-19(20)26(28)29)13-25-11-10-18-17(14-25)22(27)24-21(23-18)16-6-4-3-5-7-16/h8-9,12,16H,2-7,10-11,13-14H2,1H3,(H,23,24,27). The first-order chi connectivity index (χ1) is 14.5. The number of rotatable bonds is 6. The molecule has 1 fully saturated rings. The summed E-state index contributed by atoms with van der Waals surface area (Å²) in [6.45, 7) is 3.99. The van der Waals surface area contributed by atoms with Crippen LogP contribution in [-0.2, 0) is 19.5 Å². The van der Waals surface area contributed by atoms with Gasteiger partial charge >= 0.3 is 5.69 Å². The summed E-state index contributed by atoms with van der Waals surface area (Å²) >= 11 is 0. The summed E-state index contributed by atoms with van der Waals surface area (Å²) < 4.78 is 5.36. The molecule has 160 valence electrons. The number of nitro groups is 1. The molecule has 0 atom stereocenters. The molecule has 1 aromatic carbocycles. The number of benzene rings is 1. The molecule has 0 radical (unpaired) electrons. The van der Waals surface area contributed by atoms with Crippen molar-refractivity contribution < 1.29 is 9.66 Å². The lowest BCUT2D eigenvalue weighted by atomic mass is 9.88. The van der Waals surface area contributed by atoms with Gasteiger partial charge in [0.1, 0.15) is 5.82 Å². The van der Waals surface area contributed by atoms with Gasteiger partial charge in [0.2, 0.25) is 0 Å². The van der Waals surface area contributed by atoms with Crippen molar-refractivity contribution in [1.29, 1.82) is 0 Å². The summed E-state index contributed by atoms with van der Waals surface area (Å²) in [4.78, 5) is 33.7. The summed E-state index contributed by atoms with van der Waals surface area (Å²) in [6.07, 6.45) is 6.60. The van der Waals surface area contributed by atoms with Crippen molar-refractivity contribution in [1.82, 2.24) is 14.9 Å². The highest BCUT2D eigenvalue weighted by Gasteiger charge is 2.25. The van der Waals surface area contributed by atoms with Gasteiger partial charge < -0.3 is 9.72 Å². The molecule has 0 spiro atoms. The zero-order valence-electron chi connectivity index (χ0n) is 17.4. The van der Waals surface area contributed by atoms with Gasteiger partial charge in [-0.15, -0.1) is 0 Å². The van der Waals surface area contributed by atoms with Crippen molar-refractivity contribution >= 4 is 5.69 Å². The fraction of sp³-hybridized carbons (Fsp3) is 0.545. The van der Waals surface area contributed by atoms with Gasteiger partial charge in [-0.3, -0.25) is 19.8 Å². The Hall–Kier alpha value is -2.74. The zero-order valence-corrected chi connectivity index (χ0v) is 17.4. The van der Waals surface area contributed by atoms with E-state index in [1.165, 1.54) is 19.3 Å². The molecule has 1 N–H and O–H groups in total. The summed E-state index contributed by atoms with van der Waals surface area (Å²) in [5, 5.41) is 11.4. The Labute approximate surface area is 175 Å². The molecule has 30 heavy (non-hydrogen) atoms. The molecule has 8 nitrogen and oxygen atoms in total. The minimum Gasteiger partial charge on any atom is -0.487 e. The van der Waals surface area contributed by atoms with Crippen LogP contribution < -0.4 is 10.3 Å². The Morgan fingerprint density at radius 2 is 2.10 bits per heavy atom. The molecule has 2 aromatic rings. The molecule has 8 heteroatoms. The minimum atomic E-state index is -0.415. The van der Waals surface area contributed by atoms with Crippen LogP contribution in [0.4, 0.5) is 5.69 Å². The van der Waals surface area contributed by atoms with Crippen molar-refractivity contribution in [3.63, 3.8) is 0 Å². The largest absolute Gasteiger partial charge is 0.487 e. The topological polar surface area (TPSA) is 101 Å². The van der Waals surface area contributed by atoms with Crippen molar-refractivity contribution in [3.05, 3.63) is 61.3 Å². The van der Waals surface area contributed by atoms with Gasteiger partial charge in [0.05, 0.1) is 22.8 Å². The fourth-order valence-corrected chi connectivity index (χ4v) is 4.54. The van der Waals surface area contributed by atoms with Gasteiger partial charge in [0.25, 0.3) is 5.56 Å². The molecule has 2 aliphatic rings. The average Bonchev–Trinajstić information content (AvgIpc) is 2.76. The maximum absolute atomic E-state index is 12.8. The first-order valence-electron chi connectivity index (χ1n) is 10.8. The number of hydrogen-bond donors (Lipinski definition) is 1. The molecule has 1 aromatic heterocycles. The first kappa shape index (κ1) is 20.5. The predicted molar refractivity (Wildman–Crippen MR) is 113 cm³/mol. The zero-order chi connectivity index (χ0) is 21.1.